The summed E-state index contributed by atoms with van der Waals surface area (Å²) in [7, 11) is -4.14. The van der Waals surface area contributed by atoms with Crippen LogP contribution in [0.5, 0.6) is 0 Å². The first-order valence-corrected chi connectivity index (χ1v) is 7.23. The standard InChI is InChI=1S/C12H12N2O5S/c13-6-8-3-1-2-4-11(8)20(18,19)14-7-9(15)5-10(14)12(16)17/h1-4,9-10,15H,5,7H2,(H,16,17). The third kappa shape index (κ3) is 2.38. The normalized spacial score (nSPS) is 23.4. The van der Waals surface area contributed by atoms with Crippen molar-refractivity contribution in [1.29, 1.82) is 5.26 Å². The summed E-state index contributed by atoms with van der Waals surface area (Å²) in [5, 5.41) is 27.5. The molecule has 2 unspecified atom stereocenters. The molecule has 2 N–H and O–H groups in total. The molecule has 1 aliphatic heterocycles. The minimum Gasteiger partial charge on any atom is -0.480 e. The summed E-state index contributed by atoms with van der Waals surface area (Å²) in [6, 6.07) is 6.01. The molecule has 0 spiro atoms. The highest BCUT2D eigenvalue weighted by Gasteiger charge is 2.44. The minimum atomic E-state index is -4.14. The molecule has 20 heavy (non-hydrogen) atoms. The second kappa shape index (κ2) is 5.20. The van der Waals surface area contributed by atoms with Gasteiger partial charge in [-0.15, -0.1) is 0 Å². The molecule has 0 saturated carbocycles. The van der Waals surface area contributed by atoms with Crippen molar-refractivity contribution in [3.05, 3.63) is 29.8 Å². The molecule has 8 heteroatoms. The van der Waals surface area contributed by atoms with Crippen LogP contribution in [0.2, 0.25) is 0 Å². The number of nitriles is 1. The zero-order valence-corrected chi connectivity index (χ0v) is 11.1. The summed E-state index contributed by atoms with van der Waals surface area (Å²) in [6.45, 7) is -0.293. The van der Waals surface area contributed by atoms with E-state index in [1.807, 2.05) is 0 Å². The lowest BCUT2D eigenvalue weighted by Gasteiger charge is -2.21. The van der Waals surface area contributed by atoms with Crippen LogP contribution in [0.15, 0.2) is 29.2 Å². The van der Waals surface area contributed by atoms with Crippen LogP contribution in [0.1, 0.15) is 12.0 Å². The third-order valence-electron chi connectivity index (χ3n) is 3.11. The zero-order chi connectivity index (χ0) is 14.9. The Labute approximate surface area is 115 Å². The number of β-amino-alcohol motifs (C(OH)–C–C–N with tert-alkyl or cyclic N) is 1. The van der Waals surface area contributed by atoms with Gasteiger partial charge in [0.2, 0.25) is 10.0 Å². The average molecular weight is 296 g/mol. The molecule has 7 nitrogen and oxygen atoms in total. The van der Waals surface area contributed by atoms with Crippen molar-refractivity contribution in [2.24, 2.45) is 0 Å². The highest BCUT2D eigenvalue weighted by atomic mass is 32.2. The van der Waals surface area contributed by atoms with Gasteiger partial charge in [-0.25, -0.2) is 8.42 Å². The average Bonchev–Trinajstić information content (AvgIpc) is 2.82. The lowest BCUT2D eigenvalue weighted by atomic mass is 10.2. The summed E-state index contributed by atoms with van der Waals surface area (Å²) < 4.78 is 25.7. The molecule has 2 rings (SSSR count). The van der Waals surface area contributed by atoms with Crippen molar-refractivity contribution in [2.45, 2.75) is 23.5 Å². The molecule has 1 saturated heterocycles. The molecule has 1 aliphatic rings. The molecule has 0 aliphatic carbocycles. The maximum atomic E-state index is 12.5. The summed E-state index contributed by atoms with van der Waals surface area (Å²) in [5.41, 5.74) is -0.0574. The SMILES string of the molecule is N#Cc1ccccc1S(=O)(=O)N1CC(O)CC1C(=O)O. The number of sulfonamides is 1. The van der Waals surface area contributed by atoms with E-state index >= 15 is 0 Å². The van der Waals surface area contributed by atoms with Gasteiger partial charge in [-0.2, -0.15) is 9.57 Å². The van der Waals surface area contributed by atoms with E-state index in [9.17, 15) is 18.3 Å². The Morgan fingerprint density at radius 3 is 2.65 bits per heavy atom. The van der Waals surface area contributed by atoms with E-state index in [0.29, 0.717) is 0 Å². The van der Waals surface area contributed by atoms with Crippen LogP contribution >= 0.6 is 0 Å². The Hall–Kier alpha value is -1.95. The maximum Gasteiger partial charge on any atom is 0.322 e. The minimum absolute atomic E-state index is 0.0574. The van der Waals surface area contributed by atoms with Gasteiger partial charge in [-0.3, -0.25) is 4.79 Å². The van der Waals surface area contributed by atoms with E-state index in [4.69, 9.17) is 10.4 Å². The van der Waals surface area contributed by atoms with Gasteiger partial charge in [0, 0.05) is 13.0 Å². The lowest BCUT2D eigenvalue weighted by Crippen LogP contribution is -2.40. The molecule has 1 aromatic rings. The number of hydrogen-bond donors (Lipinski definition) is 2. The van der Waals surface area contributed by atoms with Gasteiger partial charge in [0.15, 0.2) is 0 Å². The van der Waals surface area contributed by atoms with Gasteiger partial charge >= 0.3 is 5.97 Å². The molecule has 106 valence electrons. The molecule has 0 radical (unpaired) electrons. The van der Waals surface area contributed by atoms with Gasteiger partial charge < -0.3 is 10.2 Å². The van der Waals surface area contributed by atoms with Crippen molar-refractivity contribution in [1.82, 2.24) is 4.31 Å². The van der Waals surface area contributed by atoms with Crippen LogP contribution in [-0.2, 0) is 14.8 Å². The van der Waals surface area contributed by atoms with Crippen molar-refractivity contribution in [3.63, 3.8) is 0 Å². The first-order chi connectivity index (χ1) is 9.37. The number of aliphatic hydroxyl groups excluding tert-OH is 1. The van der Waals surface area contributed by atoms with Crippen LogP contribution in [0.4, 0.5) is 0 Å². The van der Waals surface area contributed by atoms with Gasteiger partial charge in [0.25, 0.3) is 0 Å². The fraction of sp³-hybridized carbons (Fsp3) is 0.333. The van der Waals surface area contributed by atoms with Gasteiger partial charge in [0.05, 0.1) is 16.6 Å². The quantitative estimate of drug-likeness (QED) is 0.795. The molecule has 2 atom stereocenters. The number of carboxylic acids is 1. The predicted octanol–water partition coefficient (Wildman–Crippen LogP) is -0.233. The van der Waals surface area contributed by atoms with Crippen LogP contribution in [-0.4, -0.2) is 47.6 Å². The molecule has 0 amide bonds. The maximum absolute atomic E-state index is 12.5. The van der Waals surface area contributed by atoms with Crippen molar-refractivity contribution < 1.29 is 23.4 Å². The van der Waals surface area contributed by atoms with E-state index < -0.39 is 28.1 Å². The lowest BCUT2D eigenvalue weighted by molar-refractivity contribution is -0.140. The predicted molar refractivity (Wildman–Crippen MR) is 67.1 cm³/mol. The monoisotopic (exact) mass is 296 g/mol. The van der Waals surface area contributed by atoms with E-state index in [-0.39, 0.29) is 23.4 Å². The van der Waals surface area contributed by atoms with Crippen LogP contribution in [0.25, 0.3) is 0 Å². The van der Waals surface area contributed by atoms with E-state index in [2.05, 4.69) is 0 Å². The Bertz CT molecular complexity index is 679. The number of rotatable bonds is 3. The number of benzene rings is 1. The highest BCUT2D eigenvalue weighted by Crippen LogP contribution is 2.28. The molecule has 1 heterocycles. The van der Waals surface area contributed by atoms with Crippen LogP contribution in [0.3, 0.4) is 0 Å². The number of aliphatic carboxylic acids is 1. The summed E-state index contributed by atoms with van der Waals surface area (Å²) in [5.74, 6) is -1.32. The first kappa shape index (κ1) is 14.5. The van der Waals surface area contributed by atoms with Crippen LogP contribution < -0.4 is 0 Å². The molecular weight excluding hydrogens is 284 g/mol. The van der Waals surface area contributed by atoms with Crippen LogP contribution in [0, 0.1) is 11.3 Å². The molecule has 1 fully saturated rings. The van der Waals surface area contributed by atoms with Gasteiger partial charge in [0.1, 0.15) is 12.1 Å². The topological polar surface area (TPSA) is 119 Å². The Kier molecular flexibility index (Phi) is 3.76. The molecule has 1 aromatic carbocycles. The Morgan fingerprint density at radius 2 is 2.05 bits per heavy atom. The molecular formula is C12H12N2O5S. The molecule has 0 bridgehead atoms. The number of aliphatic hydroxyl groups is 1. The van der Waals surface area contributed by atoms with E-state index in [1.165, 1.54) is 24.3 Å². The van der Waals surface area contributed by atoms with Crippen molar-refractivity contribution >= 4 is 16.0 Å². The largest absolute Gasteiger partial charge is 0.480 e. The number of nitrogens with zero attached hydrogens (tertiary/aromatic N) is 2. The fourth-order valence-electron chi connectivity index (χ4n) is 2.18. The molecule has 0 aromatic heterocycles. The number of carbonyl (C=O) groups is 1. The summed E-state index contributed by atoms with van der Waals surface area (Å²) in [4.78, 5) is 10.9. The number of carboxylic acid groups (broad SMARTS) is 1. The Balaban J connectivity index is 2.50. The number of hydrogen-bond acceptors (Lipinski definition) is 5. The van der Waals surface area contributed by atoms with Gasteiger partial charge in [-0.05, 0) is 12.1 Å². The van der Waals surface area contributed by atoms with E-state index in [1.54, 1.807) is 6.07 Å². The third-order valence-corrected chi connectivity index (χ3v) is 5.05. The van der Waals surface area contributed by atoms with Crippen molar-refractivity contribution in [3.8, 4) is 6.07 Å². The van der Waals surface area contributed by atoms with E-state index in [0.717, 1.165) is 4.31 Å². The smallest absolute Gasteiger partial charge is 0.322 e. The second-order valence-electron chi connectivity index (χ2n) is 4.43. The first-order valence-electron chi connectivity index (χ1n) is 5.79. The second-order valence-corrected chi connectivity index (χ2v) is 6.29. The summed E-state index contributed by atoms with van der Waals surface area (Å²) in [6.07, 6.45) is -1.19. The zero-order valence-electron chi connectivity index (χ0n) is 10.3. The fourth-order valence-corrected chi connectivity index (χ4v) is 3.96. The van der Waals surface area contributed by atoms with Gasteiger partial charge in [-0.1, -0.05) is 12.1 Å². The van der Waals surface area contributed by atoms with Crippen molar-refractivity contribution in [2.75, 3.05) is 6.54 Å². The highest BCUT2D eigenvalue weighted by molar-refractivity contribution is 7.89. The Morgan fingerprint density at radius 1 is 1.40 bits per heavy atom. The summed E-state index contributed by atoms with van der Waals surface area (Å²) >= 11 is 0.